The minimum absolute atomic E-state index is 0.194. The zero-order valence-corrected chi connectivity index (χ0v) is 31.0. The Morgan fingerprint density at radius 1 is 1.09 bits per heavy atom. The molecule has 4 aromatic rings. The molecule has 284 valence electrons. The first kappa shape index (κ1) is 38.0. The SMILES string of the molecule is COc1cc(N)c(C=N)cc1C(=O)Nc1cnc(/C=C\C=N)[nH]1.Cn1cc(C2CCN(CC3CCCCC3)CC2)c2cccc(N3CCC(=O)NC3=O)c21. The van der Waals surface area contributed by atoms with E-state index in [1.807, 2.05) is 12.1 Å². The van der Waals surface area contributed by atoms with E-state index in [0.29, 0.717) is 47.5 Å². The highest BCUT2D eigenvalue weighted by atomic mass is 16.5. The van der Waals surface area contributed by atoms with E-state index in [0.717, 1.165) is 29.6 Å². The lowest BCUT2D eigenvalue weighted by molar-refractivity contribution is -0.120. The molecule has 0 atom stereocenters. The zero-order valence-electron chi connectivity index (χ0n) is 31.0. The van der Waals surface area contributed by atoms with Crippen molar-refractivity contribution in [1.82, 2.24) is 24.8 Å². The number of methoxy groups -OCH3 is 1. The number of hydrogen-bond donors (Lipinski definition) is 6. The number of anilines is 3. The number of amides is 4. The van der Waals surface area contributed by atoms with Crippen LogP contribution in [0.15, 0.2) is 48.8 Å². The molecule has 1 saturated carbocycles. The molecule has 14 nitrogen and oxygen atoms in total. The standard InChI is InChI=1S/C25H34N4O2.C15H16N6O2/c1-27-17-21(19-10-13-28(14-11-19)16-18-6-3-2-4-7-18)20-8-5-9-22(24(20)27)29-15-12-23(30)26-25(29)31;1-23-12-6-11(18)9(7-17)5-10(12)15(22)21-14-8-19-13(20-14)3-2-4-16/h5,8-9,17-19H,2-4,6-7,10-16H2,1H3,(H,26,30,31);2-8,16-17H,18H2,1H3,(H,19,20)(H,21,22)/b;3-2-,16-4?,17-7?. The predicted molar refractivity (Wildman–Crippen MR) is 213 cm³/mol. The number of carbonyl (C=O) groups is 3. The number of fused-ring (bicyclic) bond motifs is 1. The molecule has 4 heterocycles. The summed E-state index contributed by atoms with van der Waals surface area (Å²) in [5.74, 6) is 2.08. The summed E-state index contributed by atoms with van der Waals surface area (Å²) < 4.78 is 7.33. The number of urea groups is 1. The van der Waals surface area contributed by atoms with Gasteiger partial charge in [-0.15, -0.1) is 0 Å². The second-order valence-corrected chi connectivity index (χ2v) is 14.2. The Morgan fingerprint density at radius 2 is 1.87 bits per heavy atom. The normalized spacial score (nSPS) is 17.3. The number of allylic oxidation sites excluding steroid dienone is 1. The Kier molecular flexibility index (Phi) is 12.2. The van der Waals surface area contributed by atoms with Crippen LogP contribution in [-0.4, -0.2) is 83.0 Å². The summed E-state index contributed by atoms with van der Waals surface area (Å²) in [5, 5.41) is 20.6. The molecule has 0 radical (unpaired) electrons. The van der Waals surface area contributed by atoms with Crippen LogP contribution in [0.25, 0.3) is 17.0 Å². The van der Waals surface area contributed by atoms with Gasteiger partial charge < -0.3 is 41.1 Å². The van der Waals surface area contributed by atoms with Gasteiger partial charge in [0.15, 0.2) is 0 Å². The second kappa shape index (κ2) is 17.4. The Morgan fingerprint density at radius 3 is 2.57 bits per heavy atom. The van der Waals surface area contributed by atoms with Crippen LogP contribution in [0.1, 0.15) is 84.6 Å². The number of benzene rings is 2. The van der Waals surface area contributed by atoms with E-state index in [1.165, 1.54) is 107 Å². The van der Waals surface area contributed by atoms with Crippen LogP contribution in [0.3, 0.4) is 0 Å². The lowest BCUT2D eigenvalue weighted by Gasteiger charge is -2.35. The molecule has 2 aromatic heterocycles. The van der Waals surface area contributed by atoms with Crippen molar-refractivity contribution in [3.63, 3.8) is 0 Å². The summed E-state index contributed by atoms with van der Waals surface area (Å²) in [4.78, 5) is 47.7. The number of ether oxygens (including phenoxy) is 1. The lowest BCUT2D eigenvalue weighted by Crippen LogP contribution is -2.49. The third-order valence-electron chi connectivity index (χ3n) is 10.6. The first-order chi connectivity index (χ1) is 26.2. The maximum atomic E-state index is 12.4. The molecule has 2 aromatic carbocycles. The number of carbonyl (C=O) groups excluding carboxylic acids is 3. The number of imide groups is 1. The molecule has 7 N–H and O–H groups in total. The van der Waals surface area contributed by atoms with Crippen LogP contribution >= 0.6 is 0 Å². The Bertz CT molecular complexity index is 2030. The van der Waals surface area contributed by atoms with Crippen LogP contribution in [-0.2, 0) is 11.8 Å². The smallest absolute Gasteiger partial charge is 0.328 e. The van der Waals surface area contributed by atoms with Crippen molar-refractivity contribution in [3.8, 4) is 5.75 Å². The largest absolute Gasteiger partial charge is 0.496 e. The maximum absolute atomic E-state index is 12.4. The topological polar surface area (TPSA) is 198 Å². The van der Waals surface area contributed by atoms with Crippen LogP contribution < -0.4 is 26.0 Å². The maximum Gasteiger partial charge on any atom is 0.328 e. The fourth-order valence-electron chi connectivity index (χ4n) is 7.87. The van der Waals surface area contributed by atoms with Crippen molar-refractivity contribution in [2.45, 2.75) is 57.3 Å². The predicted octanol–water partition coefficient (Wildman–Crippen LogP) is 6.30. The number of para-hydroxylation sites is 1. The van der Waals surface area contributed by atoms with E-state index in [-0.39, 0.29) is 17.5 Å². The van der Waals surface area contributed by atoms with Crippen molar-refractivity contribution < 1.29 is 19.1 Å². The van der Waals surface area contributed by atoms with Gasteiger partial charge in [0.05, 0.1) is 30.1 Å². The first-order valence-corrected chi connectivity index (χ1v) is 18.6. The quantitative estimate of drug-likeness (QED) is 0.0812. The molecule has 0 spiro atoms. The number of piperidine rings is 1. The van der Waals surface area contributed by atoms with Crippen molar-refractivity contribution in [2.75, 3.05) is 49.2 Å². The number of nitrogens with zero attached hydrogens (tertiary/aromatic N) is 4. The molecule has 0 unspecified atom stereocenters. The highest BCUT2D eigenvalue weighted by Gasteiger charge is 2.29. The van der Waals surface area contributed by atoms with Gasteiger partial charge in [0.25, 0.3) is 5.91 Å². The first-order valence-electron chi connectivity index (χ1n) is 18.6. The van der Waals surface area contributed by atoms with Crippen molar-refractivity contribution in [3.05, 3.63) is 71.3 Å². The molecule has 2 saturated heterocycles. The van der Waals surface area contributed by atoms with Gasteiger partial charge in [0.2, 0.25) is 5.91 Å². The molecule has 3 fully saturated rings. The molecule has 1 aliphatic carbocycles. The number of nitrogens with two attached hydrogens (primary N) is 1. The van der Waals surface area contributed by atoms with Crippen LogP contribution in [0.5, 0.6) is 5.75 Å². The Labute approximate surface area is 315 Å². The van der Waals surface area contributed by atoms with Gasteiger partial charge in [-0.25, -0.2) is 9.78 Å². The van der Waals surface area contributed by atoms with Gasteiger partial charge in [0.1, 0.15) is 17.4 Å². The molecule has 14 heteroatoms. The van der Waals surface area contributed by atoms with E-state index in [2.05, 4.69) is 49.4 Å². The number of hydrogen-bond acceptors (Lipinski definition) is 9. The number of aromatic amines is 1. The van der Waals surface area contributed by atoms with Crippen LogP contribution in [0, 0.1) is 16.7 Å². The van der Waals surface area contributed by atoms with Gasteiger partial charge in [-0.2, -0.15) is 0 Å². The van der Waals surface area contributed by atoms with Gasteiger partial charge in [0, 0.05) is 67.9 Å². The summed E-state index contributed by atoms with van der Waals surface area (Å²) in [6, 6.07) is 8.90. The highest BCUT2D eigenvalue weighted by Crippen LogP contribution is 2.38. The third-order valence-corrected chi connectivity index (χ3v) is 10.6. The summed E-state index contributed by atoms with van der Waals surface area (Å²) in [5.41, 5.74) is 10.2. The lowest BCUT2D eigenvalue weighted by atomic mass is 9.86. The number of H-pyrrole nitrogens is 1. The number of rotatable bonds is 10. The van der Waals surface area contributed by atoms with Crippen LogP contribution in [0.2, 0.25) is 0 Å². The summed E-state index contributed by atoms with van der Waals surface area (Å²) in [7, 11) is 3.51. The van der Waals surface area contributed by atoms with E-state index >= 15 is 0 Å². The number of likely N-dealkylation sites (tertiary alicyclic amines) is 1. The van der Waals surface area contributed by atoms with Crippen LogP contribution in [0.4, 0.5) is 22.0 Å². The molecule has 3 aliphatic rings. The van der Waals surface area contributed by atoms with E-state index in [9.17, 15) is 14.4 Å². The number of nitrogens with one attached hydrogen (secondary N) is 5. The van der Waals surface area contributed by atoms with Gasteiger partial charge in [-0.1, -0.05) is 31.4 Å². The fourth-order valence-corrected chi connectivity index (χ4v) is 7.87. The zero-order chi connectivity index (χ0) is 38.2. The van der Waals surface area contributed by atoms with Crippen molar-refractivity contribution >= 4 is 64.4 Å². The fraction of sp³-hybridized carbons (Fsp3) is 0.400. The van der Waals surface area contributed by atoms with Crippen molar-refractivity contribution in [1.29, 1.82) is 10.8 Å². The van der Waals surface area contributed by atoms with E-state index in [4.69, 9.17) is 21.3 Å². The molecular weight excluding hydrogens is 685 g/mol. The summed E-state index contributed by atoms with van der Waals surface area (Å²) in [6.07, 6.45) is 18.9. The third kappa shape index (κ3) is 8.71. The number of nitrogen functional groups attached to an aromatic ring is 1. The number of aryl methyl sites for hydroxylation is 1. The highest BCUT2D eigenvalue weighted by molar-refractivity contribution is 6.10. The number of imidazole rings is 1. The molecule has 54 heavy (non-hydrogen) atoms. The van der Waals surface area contributed by atoms with Gasteiger partial charge in [-0.3, -0.25) is 19.8 Å². The molecular formula is C40H50N10O4. The summed E-state index contributed by atoms with van der Waals surface area (Å²) in [6.45, 7) is 4.10. The number of aromatic nitrogens is 3. The average Bonchev–Trinajstić information content (AvgIpc) is 3.78. The van der Waals surface area contributed by atoms with Gasteiger partial charge in [-0.05, 0) is 80.5 Å². The molecule has 2 aliphatic heterocycles. The monoisotopic (exact) mass is 734 g/mol. The van der Waals surface area contributed by atoms with Gasteiger partial charge >= 0.3 is 6.03 Å². The second-order valence-electron chi connectivity index (χ2n) is 14.2. The summed E-state index contributed by atoms with van der Waals surface area (Å²) >= 11 is 0. The Balaban J connectivity index is 0.000000194. The minimum atomic E-state index is -0.420. The minimum Gasteiger partial charge on any atom is -0.496 e. The van der Waals surface area contributed by atoms with E-state index < -0.39 is 5.91 Å². The molecule has 7 rings (SSSR count). The van der Waals surface area contributed by atoms with Crippen molar-refractivity contribution in [2.24, 2.45) is 13.0 Å². The molecule has 0 bridgehead atoms. The Hall–Kier alpha value is -5.76. The average molecular weight is 735 g/mol. The van der Waals surface area contributed by atoms with E-state index in [1.54, 1.807) is 11.0 Å². The molecule has 4 amide bonds.